The SMILES string of the molecule is COc1cccc(C[C@H]2C[C@@H](C(=O)O)N(C(=O)[C@](OC)(c3ccccc3)C(F)(F)F)C2)c1. The molecule has 6 nitrogen and oxygen atoms in total. The molecule has 0 aromatic heterocycles. The fourth-order valence-electron chi connectivity index (χ4n) is 4.27. The second-order valence-electron chi connectivity index (χ2n) is 7.72. The number of rotatable bonds is 7. The highest BCUT2D eigenvalue weighted by molar-refractivity contribution is 5.91. The molecule has 9 heteroatoms. The van der Waals surface area contributed by atoms with Crippen LogP contribution in [0.15, 0.2) is 54.6 Å². The Kier molecular flexibility index (Phi) is 6.78. The van der Waals surface area contributed by atoms with E-state index in [1.807, 2.05) is 6.07 Å². The number of hydrogen-bond donors (Lipinski definition) is 1. The number of ether oxygens (including phenoxy) is 2. The van der Waals surface area contributed by atoms with Gasteiger partial charge in [-0.15, -0.1) is 0 Å². The lowest BCUT2D eigenvalue weighted by molar-refractivity contribution is -0.270. The maximum Gasteiger partial charge on any atom is 0.430 e. The fourth-order valence-corrected chi connectivity index (χ4v) is 4.27. The number of alkyl halides is 3. The third-order valence-corrected chi connectivity index (χ3v) is 5.78. The number of amides is 1. The van der Waals surface area contributed by atoms with E-state index in [9.17, 15) is 27.9 Å². The Morgan fingerprint density at radius 1 is 1.09 bits per heavy atom. The zero-order chi connectivity index (χ0) is 23.5. The minimum Gasteiger partial charge on any atom is -0.497 e. The van der Waals surface area contributed by atoms with E-state index < -0.39 is 35.3 Å². The predicted molar refractivity (Wildman–Crippen MR) is 109 cm³/mol. The first-order valence-corrected chi connectivity index (χ1v) is 9.98. The van der Waals surface area contributed by atoms with Gasteiger partial charge in [0, 0.05) is 19.2 Å². The molecule has 172 valence electrons. The summed E-state index contributed by atoms with van der Waals surface area (Å²) in [7, 11) is 2.32. The number of nitrogens with zero attached hydrogens (tertiary/aromatic N) is 1. The second kappa shape index (κ2) is 9.20. The molecular weight excluding hydrogens is 427 g/mol. The average Bonchev–Trinajstić information content (AvgIpc) is 3.18. The molecule has 1 saturated heterocycles. The minimum absolute atomic E-state index is 0.0325. The Balaban J connectivity index is 1.95. The number of carbonyl (C=O) groups excluding carboxylic acids is 1. The minimum atomic E-state index is -5.10. The lowest BCUT2D eigenvalue weighted by atomic mass is 9.90. The van der Waals surface area contributed by atoms with Gasteiger partial charge in [-0.25, -0.2) is 4.79 Å². The van der Waals surface area contributed by atoms with E-state index in [4.69, 9.17) is 9.47 Å². The molecule has 2 aromatic rings. The van der Waals surface area contributed by atoms with Crippen LogP contribution in [0.1, 0.15) is 17.5 Å². The molecule has 2 aromatic carbocycles. The summed E-state index contributed by atoms with van der Waals surface area (Å²) in [6.45, 7) is -0.138. The van der Waals surface area contributed by atoms with Crippen molar-refractivity contribution in [2.24, 2.45) is 5.92 Å². The van der Waals surface area contributed by atoms with E-state index in [0.29, 0.717) is 12.2 Å². The highest BCUT2D eigenvalue weighted by atomic mass is 19.4. The van der Waals surface area contributed by atoms with Crippen molar-refractivity contribution in [3.8, 4) is 5.75 Å². The maximum atomic E-state index is 14.3. The van der Waals surface area contributed by atoms with Crippen molar-refractivity contribution >= 4 is 11.9 Å². The van der Waals surface area contributed by atoms with Crippen LogP contribution in [-0.2, 0) is 26.3 Å². The zero-order valence-corrected chi connectivity index (χ0v) is 17.6. The van der Waals surface area contributed by atoms with Crippen LogP contribution in [0.5, 0.6) is 5.75 Å². The molecule has 0 aliphatic carbocycles. The first kappa shape index (κ1) is 23.6. The zero-order valence-electron chi connectivity index (χ0n) is 17.6. The first-order valence-electron chi connectivity index (χ1n) is 9.98. The Hall–Kier alpha value is -3.07. The molecule has 32 heavy (non-hydrogen) atoms. The van der Waals surface area contributed by atoms with E-state index >= 15 is 0 Å². The lowest BCUT2D eigenvalue weighted by Gasteiger charge is -2.37. The van der Waals surface area contributed by atoms with Crippen molar-refractivity contribution in [3.63, 3.8) is 0 Å². The number of carboxylic acids is 1. The van der Waals surface area contributed by atoms with E-state index in [-0.39, 0.29) is 18.9 Å². The Labute approximate surface area is 183 Å². The second-order valence-corrected chi connectivity index (χ2v) is 7.72. The van der Waals surface area contributed by atoms with Crippen LogP contribution in [0.3, 0.4) is 0 Å². The summed E-state index contributed by atoms with van der Waals surface area (Å²) < 4.78 is 52.9. The topological polar surface area (TPSA) is 76.1 Å². The molecule has 1 amide bonds. The number of carboxylic acid groups (broad SMARTS) is 1. The first-order chi connectivity index (χ1) is 15.1. The van der Waals surface area contributed by atoms with Crippen LogP contribution in [0, 0.1) is 5.92 Å². The fraction of sp³-hybridized carbons (Fsp3) is 0.391. The summed E-state index contributed by atoms with van der Waals surface area (Å²) in [6.07, 6.45) is -4.68. The Morgan fingerprint density at radius 3 is 2.34 bits per heavy atom. The van der Waals surface area contributed by atoms with Crippen LogP contribution in [0.4, 0.5) is 13.2 Å². The van der Waals surface area contributed by atoms with Gasteiger partial charge in [0.2, 0.25) is 0 Å². The standard InChI is InChI=1S/C23H24F3NO5/c1-31-18-10-6-7-15(12-18)11-16-13-19(20(28)29)27(14-16)21(30)22(32-2,23(24,25)26)17-8-4-3-5-9-17/h3-10,12,16,19H,11,13-14H2,1-2H3,(H,28,29)/t16-,19-,22+/m0/s1. The average molecular weight is 451 g/mol. The van der Waals surface area contributed by atoms with E-state index in [0.717, 1.165) is 29.7 Å². The summed E-state index contributed by atoms with van der Waals surface area (Å²) >= 11 is 0. The Morgan fingerprint density at radius 2 is 1.78 bits per heavy atom. The summed E-state index contributed by atoms with van der Waals surface area (Å²) in [5.41, 5.74) is -2.86. The molecule has 0 bridgehead atoms. The number of benzene rings is 2. The molecule has 0 saturated carbocycles. The van der Waals surface area contributed by atoms with Crippen molar-refractivity contribution < 1.29 is 37.3 Å². The number of likely N-dealkylation sites (tertiary alicyclic amines) is 1. The lowest BCUT2D eigenvalue weighted by Crippen LogP contribution is -2.58. The number of methoxy groups -OCH3 is 2. The smallest absolute Gasteiger partial charge is 0.430 e. The van der Waals surface area contributed by atoms with Gasteiger partial charge in [0.25, 0.3) is 11.5 Å². The Bertz CT molecular complexity index is 966. The summed E-state index contributed by atoms with van der Waals surface area (Å²) in [5.74, 6) is -2.51. The highest BCUT2D eigenvalue weighted by Crippen LogP contribution is 2.45. The molecular formula is C23H24F3NO5. The van der Waals surface area contributed by atoms with Crippen LogP contribution in [-0.4, -0.2) is 54.9 Å². The van der Waals surface area contributed by atoms with Crippen LogP contribution >= 0.6 is 0 Å². The molecule has 0 radical (unpaired) electrons. The summed E-state index contributed by atoms with van der Waals surface area (Å²) in [6, 6.07) is 12.3. The highest BCUT2D eigenvalue weighted by Gasteiger charge is 2.65. The van der Waals surface area contributed by atoms with Gasteiger partial charge in [-0.3, -0.25) is 4.79 Å². The van der Waals surface area contributed by atoms with Crippen molar-refractivity contribution in [1.82, 2.24) is 4.90 Å². The third-order valence-electron chi connectivity index (χ3n) is 5.78. The number of aliphatic carboxylic acids is 1. The van der Waals surface area contributed by atoms with Crippen LogP contribution < -0.4 is 4.74 Å². The van der Waals surface area contributed by atoms with E-state index in [1.54, 1.807) is 18.2 Å². The number of hydrogen-bond acceptors (Lipinski definition) is 4. The monoisotopic (exact) mass is 451 g/mol. The van der Waals surface area contributed by atoms with Crippen molar-refractivity contribution in [2.75, 3.05) is 20.8 Å². The van der Waals surface area contributed by atoms with Gasteiger partial charge in [-0.1, -0.05) is 42.5 Å². The van der Waals surface area contributed by atoms with E-state index in [1.165, 1.54) is 25.3 Å². The molecule has 1 aliphatic rings. The van der Waals surface area contributed by atoms with Gasteiger partial charge in [0.15, 0.2) is 0 Å². The number of carbonyl (C=O) groups is 2. The van der Waals surface area contributed by atoms with Gasteiger partial charge in [-0.05, 0) is 36.5 Å². The van der Waals surface area contributed by atoms with E-state index in [2.05, 4.69) is 0 Å². The van der Waals surface area contributed by atoms with Crippen molar-refractivity contribution in [1.29, 1.82) is 0 Å². The van der Waals surface area contributed by atoms with Crippen LogP contribution in [0.2, 0.25) is 0 Å². The molecule has 1 aliphatic heterocycles. The van der Waals surface area contributed by atoms with Gasteiger partial charge in [0.05, 0.1) is 7.11 Å². The molecule has 0 spiro atoms. The van der Waals surface area contributed by atoms with Gasteiger partial charge in [0.1, 0.15) is 11.8 Å². The quantitative estimate of drug-likeness (QED) is 0.696. The van der Waals surface area contributed by atoms with Gasteiger partial charge < -0.3 is 19.5 Å². The van der Waals surface area contributed by atoms with Crippen molar-refractivity contribution in [3.05, 3.63) is 65.7 Å². The number of halogens is 3. The molecule has 1 N–H and O–H groups in total. The molecule has 1 heterocycles. The van der Waals surface area contributed by atoms with Crippen LogP contribution in [0.25, 0.3) is 0 Å². The molecule has 1 fully saturated rings. The third kappa shape index (κ3) is 4.29. The van der Waals surface area contributed by atoms with Gasteiger partial charge in [-0.2, -0.15) is 13.2 Å². The van der Waals surface area contributed by atoms with Gasteiger partial charge >= 0.3 is 12.1 Å². The largest absolute Gasteiger partial charge is 0.497 e. The molecule has 3 rings (SSSR count). The predicted octanol–water partition coefficient (Wildman–Crippen LogP) is 3.64. The molecule has 3 atom stereocenters. The summed E-state index contributed by atoms with van der Waals surface area (Å²) in [4.78, 5) is 26.0. The maximum absolute atomic E-state index is 14.3. The molecule has 0 unspecified atom stereocenters. The normalized spacial score (nSPS) is 20.6. The summed E-state index contributed by atoms with van der Waals surface area (Å²) in [5, 5.41) is 9.67. The van der Waals surface area contributed by atoms with Crippen molar-refractivity contribution in [2.45, 2.75) is 30.7 Å².